The maximum Gasteiger partial charge on any atom is 0.202 e. The van der Waals surface area contributed by atoms with E-state index < -0.39 is 0 Å². The minimum absolute atomic E-state index is 0.402. The molecule has 7 heteroatoms. The van der Waals surface area contributed by atoms with Gasteiger partial charge in [-0.15, -0.1) is 0 Å². The largest absolute Gasteiger partial charge is 0.384 e. The molecule has 1 fully saturated rings. The van der Waals surface area contributed by atoms with Crippen molar-refractivity contribution in [3.8, 4) is 0 Å². The summed E-state index contributed by atoms with van der Waals surface area (Å²) in [7, 11) is 1.69. The average molecular weight is 339 g/mol. The number of benzene rings is 1. The molecule has 1 atom stereocenters. The number of nitrogens with zero attached hydrogens (tertiary/aromatic N) is 3. The topological polar surface area (TPSA) is 50.3 Å². The lowest BCUT2D eigenvalue weighted by Gasteiger charge is -2.18. The monoisotopic (exact) mass is 338 g/mol. The number of halogens is 1. The molecule has 22 heavy (non-hydrogen) atoms. The molecule has 0 spiro atoms. The van der Waals surface area contributed by atoms with Crippen molar-refractivity contribution in [2.45, 2.75) is 18.9 Å². The van der Waals surface area contributed by atoms with Crippen molar-refractivity contribution in [1.82, 2.24) is 9.36 Å². The molecule has 0 saturated carbocycles. The predicted octanol–water partition coefficient (Wildman–Crippen LogP) is 3.07. The Morgan fingerprint density at radius 1 is 1.41 bits per heavy atom. The van der Waals surface area contributed by atoms with Gasteiger partial charge in [-0.3, -0.25) is 0 Å². The Kier molecular flexibility index (Phi) is 5.12. The fourth-order valence-electron chi connectivity index (χ4n) is 2.55. The third kappa shape index (κ3) is 3.88. The molecule has 2 heterocycles. The highest BCUT2D eigenvalue weighted by Gasteiger charge is 2.23. The summed E-state index contributed by atoms with van der Waals surface area (Å²) in [5.41, 5.74) is 1.21. The van der Waals surface area contributed by atoms with Gasteiger partial charge in [-0.05, 0) is 30.7 Å². The first-order chi connectivity index (χ1) is 10.7. The Hall–Kier alpha value is -1.37. The standard InChI is InChI=1S/C15H19ClN4OS/c1-21-9-7-14-18-15(22-19-14)17-12-6-8-20(10-12)13-4-2-11(16)3-5-13/h2-5,12H,6-10H2,1H3,(H,17,18,19). The maximum atomic E-state index is 5.94. The normalized spacial score (nSPS) is 17.9. The second-order valence-corrected chi connectivity index (χ2v) is 6.50. The van der Waals surface area contributed by atoms with Gasteiger partial charge in [0.1, 0.15) is 5.82 Å². The first-order valence-electron chi connectivity index (χ1n) is 7.33. The molecule has 118 valence electrons. The van der Waals surface area contributed by atoms with Crippen LogP contribution in [0.3, 0.4) is 0 Å². The van der Waals surface area contributed by atoms with Crippen LogP contribution in [0.15, 0.2) is 24.3 Å². The number of anilines is 2. The minimum Gasteiger partial charge on any atom is -0.384 e. The van der Waals surface area contributed by atoms with E-state index in [0.717, 1.165) is 41.9 Å². The van der Waals surface area contributed by atoms with Gasteiger partial charge in [-0.2, -0.15) is 4.37 Å². The van der Waals surface area contributed by atoms with Crippen molar-refractivity contribution in [3.63, 3.8) is 0 Å². The molecule has 0 aliphatic carbocycles. The summed E-state index contributed by atoms with van der Waals surface area (Å²) in [5, 5.41) is 5.16. The van der Waals surface area contributed by atoms with Gasteiger partial charge in [0.2, 0.25) is 5.13 Å². The summed E-state index contributed by atoms with van der Waals surface area (Å²) >= 11 is 7.36. The van der Waals surface area contributed by atoms with Gasteiger partial charge in [0.25, 0.3) is 0 Å². The SMILES string of the molecule is COCCc1nsc(NC2CCN(c3ccc(Cl)cc3)C2)n1. The van der Waals surface area contributed by atoms with E-state index in [9.17, 15) is 0 Å². The summed E-state index contributed by atoms with van der Waals surface area (Å²) in [6.45, 7) is 2.66. The van der Waals surface area contributed by atoms with E-state index in [1.54, 1.807) is 7.11 Å². The number of aromatic nitrogens is 2. The Morgan fingerprint density at radius 2 is 2.23 bits per heavy atom. The van der Waals surface area contributed by atoms with Crippen LogP contribution in [0.4, 0.5) is 10.8 Å². The van der Waals surface area contributed by atoms with E-state index in [2.05, 4.69) is 31.7 Å². The molecule has 1 aromatic carbocycles. The Bertz CT molecular complexity index is 604. The Morgan fingerprint density at radius 3 is 3.00 bits per heavy atom. The van der Waals surface area contributed by atoms with Crippen LogP contribution < -0.4 is 10.2 Å². The van der Waals surface area contributed by atoms with Crippen molar-refractivity contribution in [3.05, 3.63) is 35.1 Å². The molecule has 1 N–H and O–H groups in total. The van der Waals surface area contributed by atoms with Gasteiger partial charge < -0.3 is 15.0 Å². The molecule has 1 aliphatic rings. The first-order valence-corrected chi connectivity index (χ1v) is 8.48. The molecule has 0 amide bonds. The summed E-state index contributed by atoms with van der Waals surface area (Å²) in [4.78, 5) is 6.86. The molecule has 0 radical (unpaired) electrons. The lowest BCUT2D eigenvalue weighted by molar-refractivity contribution is 0.201. The third-order valence-corrected chi connectivity index (χ3v) is 4.64. The van der Waals surface area contributed by atoms with E-state index in [-0.39, 0.29) is 0 Å². The average Bonchev–Trinajstić information content (AvgIpc) is 3.16. The number of nitrogens with one attached hydrogen (secondary N) is 1. The van der Waals surface area contributed by atoms with Crippen molar-refractivity contribution in [2.24, 2.45) is 0 Å². The van der Waals surface area contributed by atoms with Crippen LogP contribution in [-0.4, -0.2) is 42.2 Å². The van der Waals surface area contributed by atoms with Gasteiger partial charge in [0.05, 0.1) is 6.61 Å². The number of hydrogen-bond acceptors (Lipinski definition) is 6. The fraction of sp³-hybridized carbons (Fsp3) is 0.467. The fourth-order valence-corrected chi connectivity index (χ4v) is 3.36. The number of hydrogen-bond donors (Lipinski definition) is 1. The molecule has 1 unspecified atom stereocenters. The van der Waals surface area contributed by atoms with Crippen molar-refractivity contribution in [2.75, 3.05) is 37.0 Å². The van der Waals surface area contributed by atoms with Crippen LogP contribution in [0.25, 0.3) is 0 Å². The molecule has 5 nitrogen and oxygen atoms in total. The lowest BCUT2D eigenvalue weighted by Crippen LogP contribution is -2.25. The van der Waals surface area contributed by atoms with E-state index in [0.29, 0.717) is 12.6 Å². The van der Waals surface area contributed by atoms with Gasteiger partial charge >= 0.3 is 0 Å². The summed E-state index contributed by atoms with van der Waals surface area (Å²) in [5.74, 6) is 0.849. The zero-order chi connectivity index (χ0) is 15.4. The molecule has 2 aromatic rings. The lowest BCUT2D eigenvalue weighted by atomic mass is 10.3. The zero-order valence-electron chi connectivity index (χ0n) is 12.5. The van der Waals surface area contributed by atoms with E-state index >= 15 is 0 Å². The Labute approximate surface area is 139 Å². The van der Waals surface area contributed by atoms with Crippen LogP contribution in [0.2, 0.25) is 5.02 Å². The smallest absolute Gasteiger partial charge is 0.202 e. The van der Waals surface area contributed by atoms with Crippen LogP contribution in [-0.2, 0) is 11.2 Å². The highest BCUT2D eigenvalue weighted by molar-refractivity contribution is 7.09. The molecule has 1 saturated heterocycles. The first kappa shape index (κ1) is 15.5. The summed E-state index contributed by atoms with van der Waals surface area (Å²) in [6.07, 6.45) is 1.85. The van der Waals surface area contributed by atoms with Gasteiger partial charge in [-0.1, -0.05) is 11.6 Å². The molecule has 1 aliphatic heterocycles. The zero-order valence-corrected chi connectivity index (χ0v) is 14.0. The molecule has 3 rings (SSSR count). The predicted molar refractivity (Wildman–Crippen MR) is 91.2 cm³/mol. The minimum atomic E-state index is 0.402. The Balaban J connectivity index is 1.54. The second-order valence-electron chi connectivity index (χ2n) is 5.31. The third-order valence-electron chi connectivity index (χ3n) is 3.71. The van der Waals surface area contributed by atoms with Crippen LogP contribution >= 0.6 is 23.1 Å². The summed E-state index contributed by atoms with van der Waals surface area (Å²) < 4.78 is 9.39. The molecule has 1 aromatic heterocycles. The van der Waals surface area contributed by atoms with Crippen molar-refractivity contribution < 1.29 is 4.74 Å². The van der Waals surface area contributed by atoms with Crippen LogP contribution in [0.5, 0.6) is 0 Å². The highest BCUT2D eigenvalue weighted by atomic mass is 35.5. The number of methoxy groups -OCH3 is 1. The van der Waals surface area contributed by atoms with Crippen molar-refractivity contribution >= 4 is 34.0 Å². The van der Waals surface area contributed by atoms with E-state index in [1.807, 2.05) is 12.1 Å². The van der Waals surface area contributed by atoms with Crippen LogP contribution in [0, 0.1) is 0 Å². The molecular formula is C15H19ClN4OS. The van der Waals surface area contributed by atoms with Crippen molar-refractivity contribution in [1.29, 1.82) is 0 Å². The van der Waals surface area contributed by atoms with E-state index in [4.69, 9.17) is 16.3 Å². The van der Waals surface area contributed by atoms with Gasteiger partial charge in [0.15, 0.2) is 0 Å². The molecular weight excluding hydrogens is 320 g/mol. The van der Waals surface area contributed by atoms with Crippen LogP contribution in [0.1, 0.15) is 12.2 Å². The number of ether oxygens (including phenoxy) is 1. The quantitative estimate of drug-likeness (QED) is 0.877. The second kappa shape index (κ2) is 7.26. The maximum absolute atomic E-state index is 5.94. The van der Waals surface area contributed by atoms with E-state index in [1.165, 1.54) is 17.2 Å². The van der Waals surface area contributed by atoms with Gasteiger partial charge in [0, 0.05) is 54.9 Å². The summed E-state index contributed by atoms with van der Waals surface area (Å²) in [6, 6.07) is 8.41. The molecule has 0 bridgehead atoms. The van der Waals surface area contributed by atoms with Gasteiger partial charge in [-0.25, -0.2) is 4.98 Å². The highest BCUT2D eigenvalue weighted by Crippen LogP contribution is 2.24. The number of rotatable bonds is 6.